The molecular formula is C29H27N5O3. The van der Waals surface area contributed by atoms with Crippen LogP contribution in [-0.2, 0) is 4.74 Å². The number of carbonyl (C=O) groups is 1. The van der Waals surface area contributed by atoms with Crippen molar-refractivity contribution in [1.82, 2.24) is 24.8 Å². The molecule has 3 aromatic carbocycles. The van der Waals surface area contributed by atoms with Gasteiger partial charge in [-0.15, -0.1) is 0 Å². The van der Waals surface area contributed by atoms with Gasteiger partial charge in [-0.25, -0.2) is 4.52 Å². The van der Waals surface area contributed by atoms with Gasteiger partial charge in [0.1, 0.15) is 5.52 Å². The van der Waals surface area contributed by atoms with Crippen LogP contribution in [-0.4, -0.2) is 58.3 Å². The van der Waals surface area contributed by atoms with Crippen molar-refractivity contribution in [3.63, 3.8) is 0 Å². The number of amides is 1. The second kappa shape index (κ2) is 10.0. The van der Waals surface area contributed by atoms with Gasteiger partial charge in [0.15, 0.2) is 5.69 Å². The molecule has 1 aliphatic heterocycles. The van der Waals surface area contributed by atoms with Crippen LogP contribution < -0.4 is 10.9 Å². The number of ether oxygens (including phenoxy) is 1. The fourth-order valence-electron chi connectivity index (χ4n) is 4.81. The first-order valence-corrected chi connectivity index (χ1v) is 12.4. The Labute approximate surface area is 213 Å². The number of aromatic nitrogens is 3. The maximum absolute atomic E-state index is 13.3. The van der Waals surface area contributed by atoms with Crippen LogP contribution in [0.3, 0.4) is 0 Å². The highest BCUT2D eigenvalue weighted by Crippen LogP contribution is 2.23. The molecule has 8 heteroatoms. The van der Waals surface area contributed by atoms with Gasteiger partial charge in [0, 0.05) is 31.3 Å². The minimum absolute atomic E-state index is 0.198. The maximum atomic E-state index is 13.3. The third-order valence-electron chi connectivity index (χ3n) is 6.81. The van der Waals surface area contributed by atoms with Crippen molar-refractivity contribution >= 4 is 22.2 Å². The number of fused-ring (bicyclic) bond motifs is 2. The van der Waals surface area contributed by atoms with Crippen molar-refractivity contribution in [3.05, 3.63) is 107 Å². The van der Waals surface area contributed by atoms with Crippen LogP contribution in [0.1, 0.15) is 22.1 Å². The summed E-state index contributed by atoms with van der Waals surface area (Å²) >= 11 is 0. The van der Waals surface area contributed by atoms with Crippen LogP contribution in [0.5, 0.6) is 0 Å². The summed E-state index contributed by atoms with van der Waals surface area (Å²) in [6, 6.07) is 25.3. The summed E-state index contributed by atoms with van der Waals surface area (Å²) in [6.07, 6.45) is 1.75. The average molecular weight is 494 g/mol. The van der Waals surface area contributed by atoms with E-state index in [4.69, 9.17) is 4.74 Å². The molecule has 3 heterocycles. The molecule has 0 spiro atoms. The minimum atomic E-state index is -0.322. The van der Waals surface area contributed by atoms with Crippen molar-refractivity contribution in [2.75, 3.05) is 32.8 Å². The normalized spacial score (nSPS) is 15.1. The van der Waals surface area contributed by atoms with Crippen LogP contribution in [0, 0.1) is 0 Å². The van der Waals surface area contributed by atoms with E-state index in [-0.39, 0.29) is 23.2 Å². The van der Waals surface area contributed by atoms with E-state index in [1.165, 1.54) is 10.6 Å². The van der Waals surface area contributed by atoms with E-state index < -0.39 is 0 Å². The van der Waals surface area contributed by atoms with E-state index in [1.807, 2.05) is 72.8 Å². The molecule has 1 aliphatic rings. The van der Waals surface area contributed by atoms with Gasteiger partial charge in [-0.05, 0) is 22.4 Å². The average Bonchev–Trinajstić information content (AvgIpc) is 3.39. The Balaban J connectivity index is 1.28. The lowest BCUT2D eigenvalue weighted by atomic mass is 10.1. The van der Waals surface area contributed by atoms with E-state index in [9.17, 15) is 9.59 Å². The van der Waals surface area contributed by atoms with Gasteiger partial charge in [0.05, 0.1) is 31.1 Å². The number of nitrogens with one attached hydrogen (secondary N) is 2. The lowest BCUT2D eigenvalue weighted by Gasteiger charge is -2.31. The molecule has 0 radical (unpaired) electrons. The SMILES string of the molecule is O=C(N[C@H](CN1CCOCC1)c1ccccc1)c1cc2c(=O)[nH]c(-c3ccc4ccccc4c3)cn2n1. The Morgan fingerprint density at radius 1 is 0.973 bits per heavy atom. The van der Waals surface area contributed by atoms with Gasteiger partial charge >= 0.3 is 0 Å². The Hall–Kier alpha value is -4.27. The molecule has 2 N–H and O–H groups in total. The molecule has 0 unspecified atom stereocenters. The fraction of sp³-hybridized carbons (Fsp3) is 0.207. The van der Waals surface area contributed by atoms with Gasteiger partial charge < -0.3 is 15.0 Å². The number of hydrogen-bond donors (Lipinski definition) is 2. The highest BCUT2D eigenvalue weighted by atomic mass is 16.5. The zero-order chi connectivity index (χ0) is 25.2. The molecule has 6 rings (SSSR count). The van der Waals surface area contributed by atoms with Gasteiger partial charge in [-0.1, -0.05) is 66.7 Å². The van der Waals surface area contributed by atoms with Crippen LogP contribution in [0.2, 0.25) is 0 Å². The molecule has 1 fully saturated rings. The van der Waals surface area contributed by atoms with E-state index in [1.54, 1.807) is 6.20 Å². The van der Waals surface area contributed by atoms with Crippen LogP contribution in [0.25, 0.3) is 27.5 Å². The predicted molar refractivity (Wildman–Crippen MR) is 143 cm³/mol. The Bertz CT molecular complexity index is 1620. The van der Waals surface area contributed by atoms with Gasteiger partial charge in [0.2, 0.25) is 0 Å². The predicted octanol–water partition coefficient (Wildman–Crippen LogP) is 3.65. The summed E-state index contributed by atoms with van der Waals surface area (Å²) in [6.45, 7) is 3.68. The second-order valence-electron chi connectivity index (χ2n) is 9.27. The monoisotopic (exact) mass is 493 g/mol. The van der Waals surface area contributed by atoms with Crippen molar-refractivity contribution in [1.29, 1.82) is 0 Å². The molecule has 186 valence electrons. The zero-order valence-electron chi connectivity index (χ0n) is 20.3. The van der Waals surface area contributed by atoms with Gasteiger partial charge in [-0.2, -0.15) is 5.10 Å². The Morgan fingerprint density at radius 3 is 2.54 bits per heavy atom. The van der Waals surface area contributed by atoms with E-state index >= 15 is 0 Å². The molecule has 1 saturated heterocycles. The lowest BCUT2D eigenvalue weighted by Crippen LogP contribution is -2.43. The van der Waals surface area contributed by atoms with Gasteiger partial charge in [-0.3, -0.25) is 14.5 Å². The molecule has 5 aromatic rings. The third kappa shape index (κ3) is 4.89. The smallest absolute Gasteiger partial charge is 0.274 e. The van der Waals surface area contributed by atoms with Crippen molar-refractivity contribution in [2.24, 2.45) is 0 Å². The summed E-state index contributed by atoms with van der Waals surface area (Å²) in [5.41, 5.74) is 2.73. The first kappa shape index (κ1) is 23.1. The maximum Gasteiger partial charge on any atom is 0.274 e. The standard InChI is InChI=1S/C29H27N5O3/c35-28(30-25(21-7-2-1-3-8-21)18-33-12-14-37-15-13-33)24-17-27-29(36)31-26(19-34(27)32-24)23-11-10-20-6-4-5-9-22(20)16-23/h1-11,16-17,19,25H,12-15,18H2,(H,30,35)(H,31,36)/t25-/m1/s1. The minimum Gasteiger partial charge on any atom is -0.379 e. The number of carbonyl (C=O) groups excluding carboxylic acids is 1. The van der Waals surface area contributed by atoms with Crippen LogP contribution in [0.4, 0.5) is 0 Å². The van der Waals surface area contributed by atoms with Crippen molar-refractivity contribution in [2.45, 2.75) is 6.04 Å². The molecule has 2 aromatic heterocycles. The number of aromatic amines is 1. The topological polar surface area (TPSA) is 91.7 Å². The molecular weight excluding hydrogens is 466 g/mol. The molecule has 0 saturated carbocycles. The number of morpholine rings is 1. The van der Waals surface area contributed by atoms with Crippen molar-refractivity contribution < 1.29 is 9.53 Å². The Kier molecular flexibility index (Phi) is 6.26. The number of benzene rings is 3. The van der Waals surface area contributed by atoms with Crippen molar-refractivity contribution in [3.8, 4) is 11.3 Å². The quantitative estimate of drug-likeness (QED) is 0.377. The summed E-state index contributed by atoms with van der Waals surface area (Å²) in [5, 5.41) is 9.80. The number of hydrogen-bond acceptors (Lipinski definition) is 5. The van der Waals surface area contributed by atoms with E-state index in [0.29, 0.717) is 31.0 Å². The molecule has 0 bridgehead atoms. The largest absolute Gasteiger partial charge is 0.379 e. The number of H-pyrrole nitrogens is 1. The first-order chi connectivity index (χ1) is 18.1. The van der Waals surface area contributed by atoms with E-state index in [0.717, 1.165) is 35.0 Å². The lowest BCUT2D eigenvalue weighted by molar-refractivity contribution is 0.0332. The molecule has 1 atom stereocenters. The second-order valence-corrected chi connectivity index (χ2v) is 9.27. The van der Waals surface area contributed by atoms with E-state index in [2.05, 4.69) is 20.3 Å². The van der Waals surface area contributed by atoms with Crippen LogP contribution >= 0.6 is 0 Å². The summed E-state index contributed by atoms with van der Waals surface area (Å²) in [7, 11) is 0. The third-order valence-corrected chi connectivity index (χ3v) is 6.81. The molecule has 37 heavy (non-hydrogen) atoms. The summed E-state index contributed by atoms with van der Waals surface area (Å²) in [5.74, 6) is -0.322. The summed E-state index contributed by atoms with van der Waals surface area (Å²) in [4.78, 5) is 31.4. The van der Waals surface area contributed by atoms with Gasteiger partial charge in [0.25, 0.3) is 11.5 Å². The number of nitrogens with zero attached hydrogens (tertiary/aromatic N) is 3. The highest BCUT2D eigenvalue weighted by molar-refractivity contribution is 5.94. The Morgan fingerprint density at radius 2 is 1.73 bits per heavy atom. The number of rotatable bonds is 6. The zero-order valence-corrected chi connectivity index (χ0v) is 20.3. The molecule has 1 amide bonds. The fourth-order valence-corrected chi connectivity index (χ4v) is 4.81. The first-order valence-electron chi connectivity index (χ1n) is 12.4. The summed E-state index contributed by atoms with van der Waals surface area (Å²) < 4.78 is 6.95. The molecule has 8 nitrogen and oxygen atoms in total. The van der Waals surface area contributed by atoms with Crippen LogP contribution in [0.15, 0.2) is 89.9 Å². The molecule has 0 aliphatic carbocycles. The highest BCUT2D eigenvalue weighted by Gasteiger charge is 2.22.